The number of aryl methyl sites for hydroxylation is 2. The molecule has 0 fully saturated rings. The zero-order valence-corrected chi connectivity index (χ0v) is 12.7. The molecule has 0 saturated carbocycles. The van der Waals surface area contributed by atoms with Gasteiger partial charge >= 0.3 is 0 Å². The predicted molar refractivity (Wildman–Crippen MR) is 80.0 cm³/mol. The van der Waals surface area contributed by atoms with Crippen molar-refractivity contribution in [1.29, 1.82) is 0 Å². The van der Waals surface area contributed by atoms with Crippen LogP contribution >= 0.6 is 27.3 Å². The van der Waals surface area contributed by atoms with Crippen molar-refractivity contribution in [2.24, 2.45) is 0 Å². The third-order valence-electron chi connectivity index (χ3n) is 2.74. The van der Waals surface area contributed by atoms with Gasteiger partial charge in [-0.3, -0.25) is 0 Å². The number of nitrogens with zero attached hydrogens (tertiary/aromatic N) is 4. The molecule has 0 aliphatic heterocycles. The molecular weight excluding hydrogens is 326 g/mol. The second-order valence-electron chi connectivity index (χ2n) is 4.11. The highest BCUT2D eigenvalue weighted by atomic mass is 79.9. The highest BCUT2D eigenvalue weighted by Gasteiger charge is 2.15. The Morgan fingerprint density at radius 2 is 2.00 bits per heavy atom. The van der Waals surface area contributed by atoms with Gasteiger partial charge in [0.25, 0.3) is 0 Å². The van der Waals surface area contributed by atoms with Crippen molar-refractivity contribution in [3.8, 4) is 11.3 Å². The Kier molecular flexibility index (Phi) is 2.94. The Morgan fingerprint density at radius 1 is 1.21 bits per heavy atom. The van der Waals surface area contributed by atoms with Crippen molar-refractivity contribution < 1.29 is 0 Å². The normalized spacial score (nSPS) is 11.1. The van der Waals surface area contributed by atoms with Gasteiger partial charge in [-0.1, -0.05) is 0 Å². The Balaban J connectivity index is 2.35. The zero-order chi connectivity index (χ0) is 13.6. The van der Waals surface area contributed by atoms with Gasteiger partial charge in [-0.25, -0.2) is 19.9 Å². The first-order valence-electron chi connectivity index (χ1n) is 5.57. The van der Waals surface area contributed by atoms with Crippen LogP contribution < -0.4 is 5.73 Å². The van der Waals surface area contributed by atoms with Crippen LogP contribution in [0, 0.1) is 13.8 Å². The molecule has 0 aromatic carbocycles. The van der Waals surface area contributed by atoms with Crippen LogP contribution in [0.2, 0.25) is 0 Å². The Bertz CT molecular complexity index is 783. The van der Waals surface area contributed by atoms with Crippen molar-refractivity contribution in [3.63, 3.8) is 0 Å². The Hall–Kier alpha value is -1.60. The first-order valence-corrected chi connectivity index (χ1v) is 7.24. The third-order valence-corrected chi connectivity index (χ3v) is 4.62. The predicted octanol–water partition coefficient (Wildman–Crippen LogP) is 3.11. The molecule has 3 heterocycles. The minimum atomic E-state index is 0.274. The summed E-state index contributed by atoms with van der Waals surface area (Å²) in [4.78, 5) is 17.2. The van der Waals surface area contributed by atoms with Gasteiger partial charge in [0.2, 0.25) is 5.95 Å². The number of aromatic nitrogens is 4. The topological polar surface area (TPSA) is 77.6 Å². The van der Waals surface area contributed by atoms with Crippen LogP contribution in [0.25, 0.3) is 21.5 Å². The standard InChI is InChI=1S/C12H10BrN5S/c1-5-7(3-15-12(14)16-5)9-11-10(8(13)4-19-11)18-6(2)17-9/h3-4H,1-2H3,(H2,14,15,16). The van der Waals surface area contributed by atoms with Gasteiger partial charge in [-0.2, -0.15) is 0 Å². The molecular formula is C12H10BrN5S. The summed E-state index contributed by atoms with van der Waals surface area (Å²) in [7, 11) is 0. The lowest BCUT2D eigenvalue weighted by molar-refractivity contribution is 1.07. The van der Waals surface area contributed by atoms with E-state index in [0.29, 0.717) is 0 Å². The lowest BCUT2D eigenvalue weighted by Gasteiger charge is -2.06. The number of nitrogen functional groups attached to an aromatic ring is 1. The highest BCUT2D eigenvalue weighted by molar-refractivity contribution is 9.10. The van der Waals surface area contributed by atoms with E-state index in [1.165, 1.54) is 0 Å². The molecule has 0 saturated heterocycles. The van der Waals surface area contributed by atoms with Gasteiger partial charge in [-0.05, 0) is 29.8 Å². The van der Waals surface area contributed by atoms with E-state index in [1.807, 2.05) is 19.2 Å². The zero-order valence-electron chi connectivity index (χ0n) is 10.3. The quantitative estimate of drug-likeness (QED) is 0.739. The maximum Gasteiger partial charge on any atom is 0.220 e. The first-order chi connectivity index (χ1) is 9.06. The van der Waals surface area contributed by atoms with E-state index >= 15 is 0 Å². The van der Waals surface area contributed by atoms with Crippen LogP contribution in [0.1, 0.15) is 11.5 Å². The van der Waals surface area contributed by atoms with Gasteiger partial charge in [0.1, 0.15) is 5.82 Å². The van der Waals surface area contributed by atoms with Gasteiger partial charge in [0.15, 0.2) is 0 Å². The number of nitrogens with two attached hydrogens (primary N) is 1. The first kappa shape index (κ1) is 12.4. The summed E-state index contributed by atoms with van der Waals surface area (Å²) in [5.41, 5.74) is 9.07. The monoisotopic (exact) mass is 335 g/mol. The average molecular weight is 336 g/mol. The molecule has 5 nitrogen and oxygen atoms in total. The number of hydrogen-bond acceptors (Lipinski definition) is 6. The third kappa shape index (κ3) is 2.08. The lowest BCUT2D eigenvalue weighted by Crippen LogP contribution is -2.00. The molecule has 3 aromatic heterocycles. The summed E-state index contributed by atoms with van der Waals surface area (Å²) < 4.78 is 2.00. The molecule has 3 rings (SSSR count). The maximum absolute atomic E-state index is 5.59. The number of fused-ring (bicyclic) bond motifs is 1. The van der Waals surface area contributed by atoms with Gasteiger partial charge < -0.3 is 5.73 Å². The van der Waals surface area contributed by atoms with Crippen molar-refractivity contribution in [3.05, 3.63) is 27.6 Å². The van der Waals surface area contributed by atoms with E-state index in [9.17, 15) is 0 Å². The second-order valence-corrected chi connectivity index (χ2v) is 5.84. The SMILES string of the molecule is Cc1nc(-c2cnc(N)nc2C)c2scc(Br)c2n1. The fraction of sp³-hybridized carbons (Fsp3) is 0.167. The molecule has 0 amide bonds. The molecule has 2 N–H and O–H groups in total. The second kappa shape index (κ2) is 4.50. The summed E-state index contributed by atoms with van der Waals surface area (Å²) in [6.45, 7) is 3.78. The van der Waals surface area contributed by atoms with Crippen molar-refractivity contribution in [1.82, 2.24) is 19.9 Å². The van der Waals surface area contributed by atoms with E-state index < -0.39 is 0 Å². The lowest BCUT2D eigenvalue weighted by atomic mass is 10.1. The summed E-state index contributed by atoms with van der Waals surface area (Å²) >= 11 is 5.11. The molecule has 0 atom stereocenters. The fourth-order valence-electron chi connectivity index (χ4n) is 1.90. The number of hydrogen-bond donors (Lipinski definition) is 1. The van der Waals surface area contributed by atoms with E-state index in [0.717, 1.165) is 37.5 Å². The minimum absolute atomic E-state index is 0.274. The number of anilines is 1. The Labute approximate surface area is 122 Å². The molecule has 0 aliphatic rings. The van der Waals surface area contributed by atoms with Crippen LogP contribution in [0.4, 0.5) is 5.95 Å². The van der Waals surface area contributed by atoms with Crippen LogP contribution in [-0.4, -0.2) is 19.9 Å². The summed E-state index contributed by atoms with van der Waals surface area (Å²) in [6.07, 6.45) is 1.71. The largest absolute Gasteiger partial charge is 0.368 e. The van der Waals surface area contributed by atoms with Gasteiger partial charge in [0.05, 0.1) is 26.1 Å². The van der Waals surface area contributed by atoms with E-state index in [4.69, 9.17) is 5.73 Å². The van der Waals surface area contributed by atoms with Crippen molar-refractivity contribution >= 4 is 43.4 Å². The van der Waals surface area contributed by atoms with Crippen LogP contribution in [0.15, 0.2) is 16.0 Å². The maximum atomic E-state index is 5.59. The van der Waals surface area contributed by atoms with E-state index in [-0.39, 0.29) is 5.95 Å². The molecule has 3 aromatic rings. The minimum Gasteiger partial charge on any atom is -0.368 e. The molecule has 96 valence electrons. The van der Waals surface area contributed by atoms with Gasteiger partial charge in [-0.15, -0.1) is 11.3 Å². The van der Waals surface area contributed by atoms with Crippen molar-refractivity contribution in [2.75, 3.05) is 5.73 Å². The average Bonchev–Trinajstić information content (AvgIpc) is 2.71. The molecule has 0 unspecified atom stereocenters. The molecule has 0 spiro atoms. The molecule has 7 heteroatoms. The van der Waals surface area contributed by atoms with Crippen LogP contribution in [0.5, 0.6) is 0 Å². The van der Waals surface area contributed by atoms with Crippen LogP contribution in [-0.2, 0) is 0 Å². The summed E-state index contributed by atoms with van der Waals surface area (Å²) in [5, 5.41) is 2.01. The smallest absolute Gasteiger partial charge is 0.220 e. The van der Waals surface area contributed by atoms with Crippen LogP contribution in [0.3, 0.4) is 0 Å². The van der Waals surface area contributed by atoms with Gasteiger partial charge in [0, 0.05) is 17.1 Å². The van der Waals surface area contributed by atoms with Crippen molar-refractivity contribution in [2.45, 2.75) is 13.8 Å². The number of rotatable bonds is 1. The summed E-state index contributed by atoms with van der Waals surface area (Å²) in [6, 6.07) is 0. The number of halogens is 1. The number of thiophene rings is 1. The highest BCUT2D eigenvalue weighted by Crippen LogP contribution is 2.35. The molecule has 0 radical (unpaired) electrons. The summed E-state index contributed by atoms with van der Waals surface area (Å²) in [5.74, 6) is 0.994. The van der Waals surface area contributed by atoms with E-state index in [1.54, 1.807) is 17.5 Å². The molecule has 0 aliphatic carbocycles. The Morgan fingerprint density at radius 3 is 2.74 bits per heavy atom. The molecule has 0 bridgehead atoms. The molecule has 19 heavy (non-hydrogen) atoms. The van der Waals surface area contributed by atoms with E-state index in [2.05, 4.69) is 35.9 Å². The fourth-order valence-corrected chi connectivity index (χ4v) is 3.47.